The molecular formula is C10H16NO3P. The van der Waals surface area contributed by atoms with Gasteiger partial charge in [-0.2, -0.15) is 0 Å². The molecular weight excluding hydrogens is 213 g/mol. The maximum atomic E-state index is 11.0. The van der Waals surface area contributed by atoms with E-state index in [4.69, 9.17) is 9.79 Å². The van der Waals surface area contributed by atoms with Crippen LogP contribution in [0.2, 0.25) is 0 Å². The van der Waals surface area contributed by atoms with Crippen LogP contribution in [0.5, 0.6) is 0 Å². The fraction of sp³-hybridized carbons (Fsp3) is 0.400. The van der Waals surface area contributed by atoms with E-state index in [0.29, 0.717) is 0 Å². The van der Waals surface area contributed by atoms with E-state index in [0.717, 1.165) is 16.8 Å². The second-order valence-electron chi connectivity index (χ2n) is 3.68. The van der Waals surface area contributed by atoms with Crippen molar-refractivity contribution in [3.8, 4) is 0 Å². The third-order valence-electron chi connectivity index (χ3n) is 2.34. The molecule has 5 heteroatoms. The molecule has 1 aromatic rings. The summed E-state index contributed by atoms with van der Waals surface area (Å²) >= 11 is 0. The van der Waals surface area contributed by atoms with Crippen LogP contribution in [0.4, 0.5) is 5.69 Å². The van der Waals surface area contributed by atoms with Crippen molar-refractivity contribution in [1.82, 2.24) is 0 Å². The third kappa shape index (κ3) is 3.06. The lowest BCUT2D eigenvalue weighted by Crippen LogP contribution is -2.16. The Bertz CT molecular complexity index is 379. The molecule has 1 atom stereocenters. The van der Waals surface area contributed by atoms with Crippen LogP contribution >= 0.6 is 7.60 Å². The number of aryl methyl sites for hydroxylation is 2. The molecule has 0 spiro atoms. The second-order valence-corrected chi connectivity index (χ2v) is 5.63. The summed E-state index contributed by atoms with van der Waals surface area (Å²) in [5.41, 5.74) is 2.76. The Morgan fingerprint density at radius 3 is 2.13 bits per heavy atom. The summed E-state index contributed by atoms with van der Waals surface area (Å²) in [6, 6.07) is 5.72. The predicted molar refractivity (Wildman–Crippen MR) is 61.0 cm³/mol. The van der Waals surface area contributed by atoms with Crippen molar-refractivity contribution in [3.63, 3.8) is 0 Å². The van der Waals surface area contributed by atoms with E-state index in [1.165, 1.54) is 6.92 Å². The number of anilines is 1. The van der Waals surface area contributed by atoms with Gasteiger partial charge < -0.3 is 15.1 Å². The van der Waals surface area contributed by atoms with Crippen molar-refractivity contribution < 1.29 is 14.4 Å². The largest absolute Gasteiger partial charge is 0.371 e. The standard InChI is InChI=1S/C10H16NO3P/c1-7-5-4-6-8(2)10(7)11-9(3)15(12,13)14/h4-6,9,11H,1-3H3,(H2,12,13,14). The lowest BCUT2D eigenvalue weighted by atomic mass is 10.1. The molecule has 15 heavy (non-hydrogen) atoms. The maximum absolute atomic E-state index is 11.0. The van der Waals surface area contributed by atoms with Crippen molar-refractivity contribution in [2.24, 2.45) is 0 Å². The minimum Gasteiger partial charge on any atom is -0.371 e. The molecule has 3 N–H and O–H groups in total. The molecule has 0 saturated heterocycles. The van der Waals surface area contributed by atoms with Crippen LogP contribution in [0.1, 0.15) is 18.1 Å². The molecule has 0 aliphatic carbocycles. The van der Waals surface area contributed by atoms with Crippen LogP contribution in [0, 0.1) is 13.8 Å². The Morgan fingerprint density at radius 1 is 1.27 bits per heavy atom. The number of rotatable bonds is 3. The van der Waals surface area contributed by atoms with Gasteiger partial charge in [0.25, 0.3) is 0 Å². The monoisotopic (exact) mass is 229 g/mol. The van der Waals surface area contributed by atoms with Gasteiger partial charge in [-0.05, 0) is 31.9 Å². The Kier molecular flexibility index (Phi) is 3.55. The van der Waals surface area contributed by atoms with Crippen LogP contribution < -0.4 is 5.32 Å². The summed E-state index contributed by atoms with van der Waals surface area (Å²) in [6.45, 7) is 5.29. The molecule has 1 rings (SSSR count). The van der Waals surface area contributed by atoms with Gasteiger partial charge in [0, 0.05) is 5.69 Å². The summed E-state index contributed by atoms with van der Waals surface area (Å²) in [7, 11) is -4.07. The van der Waals surface area contributed by atoms with E-state index in [1.54, 1.807) is 0 Å². The Labute approximate surface area is 89.5 Å². The van der Waals surface area contributed by atoms with Crippen molar-refractivity contribution in [1.29, 1.82) is 0 Å². The smallest absolute Gasteiger partial charge is 0.347 e. The van der Waals surface area contributed by atoms with Gasteiger partial charge in [-0.25, -0.2) is 0 Å². The summed E-state index contributed by atoms with van der Waals surface area (Å²) < 4.78 is 11.0. The highest BCUT2D eigenvalue weighted by Gasteiger charge is 2.24. The molecule has 0 aliphatic rings. The van der Waals surface area contributed by atoms with E-state index in [2.05, 4.69) is 5.32 Å². The lowest BCUT2D eigenvalue weighted by molar-refractivity contribution is 0.364. The van der Waals surface area contributed by atoms with Crippen molar-refractivity contribution in [2.45, 2.75) is 26.6 Å². The van der Waals surface area contributed by atoms with Crippen molar-refractivity contribution in [3.05, 3.63) is 29.3 Å². The Balaban J connectivity index is 2.95. The Morgan fingerprint density at radius 2 is 1.73 bits per heavy atom. The molecule has 4 nitrogen and oxygen atoms in total. The van der Waals surface area contributed by atoms with E-state index < -0.39 is 13.4 Å². The third-order valence-corrected chi connectivity index (χ3v) is 3.48. The Hall–Kier alpha value is -0.830. The molecule has 0 amide bonds. The molecule has 0 heterocycles. The molecule has 0 aromatic heterocycles. The number of hydrogen-bond acceptors (Lipinski definition) is 2. The lowest BCUT2D eigenvalue weighted by Gasteiger charge is -2.19. The molecule has 0 aliphatic heterocycles. The zero-order chi connectivity index (χ0) is 11.6. The molecule has 84 valence electrons. The first-order chi connectivity index (χ1) is 6.82. The number of hydrogen-bond donors (Lipinski definition) is 3. The molecule has 0 saturated carbocycles. The topological polar surface area (TPSA) is 69.6 Å². The second kappa shape index (κ2) is 4.35. The van der Waals surface area contributed by atoms with Gasteiger partial charge in [-0.1, -0.05) is 18.2 Å². The number of benzene rings is 1. The summed E-state index contributed by atoms with van der Waals surface area (Å²) in [5, 5.41) is 2.86. The molecule has 0 radical (unpaired) electrons. The summed E-state index contributed by atoms with van der Waals surface area (Å²) in [5.74, 6) is -0.864. The van der Waals surface area contributed by atoms with E-state index in [-0.39, 0.29) is 0 Å². The van der Waals surface area contributed by atoms with Gasteiger partial charge in [0.05, 0.1) is 0 Å². The van der Waals surface area contributed by atoms with Crippen LogP contribution in [0.15, 0.2) is 18.2 Å². The number of nitrogens with one attached hydrogen (secondary N) is 1. The zero-order valence-electron chi connectivity index (χ0n) is 9.06. The maximum Gasteiger partial charge on any atom is 0.347 e. The zero-order valence-corrected chi connectivity index (χ0v) is 9.95. The highest BCUT2D eigenvalue weighted by atomic mass is 31.2. The van der Waals surface area contributed by atoms with Crippen LogP contribution in [0.3, 0.4) is 0 Å². The SMILES string of the molecule is Cc1cccc(C)c1NC(C)P(=O)(O)O. The minimum absolute atomic E-state index is 0.799. The van der Waals surface area contributed by atoms with Crippen molar-refractivity contribution >= 4 is 13.3 Å². The van der Waals surface area contributed by atoms with Gasteiger partial charge in [0.15, 0.2) is 0 Å². The highest BCUT2D eigenvalue weighted by Crippen LogP contribution is 2.41. The van der Waals surface area contributed by atoms with Crippen molar-refractivity contribution in [2.75, 3.05) is 5.32 Å². The fourth-order valence-electron chi connectivity index (χ4n) is 1.34. The first kappa shape index (κ1) is 12.2. The average molecular weight is 229 g/mol. The van der Waals surface area contributed by atoms with E-state index in [1.807, 2.05) is 32.0 Å². The summed E-state index contributed by atoms with van der Waals surface area (Å²) in [6.07, 6.45) is 0. The van der Waals surface area contributed by atoms with E-state index in [9.17, 15) is 4.57 Å². The molecule has 0 fully saturated rings. The van der Waals surface area contributed by atoms with Gasteiger partial charge in [-0.3, -0.25) is 4.57 Å². The van der Waals surface area contributed by atoms with E-state index >= 15 is 0 Å². The number of para-hydroxylation sites is 1. The predicted octanol–water partition coefficient (Wildman–Crippen LogP) is 2.24. The first-order valence-corrected chi connectivity index (χ1v) is 6.38. The van der Waals surface area contributed by atoms with Gasteiger partial charge in [0.1, 0.15) is 5.78 Å². The van der Waals surface area contributed by atoms with Gasteiger partial charge >= 0.3 is 7.60 Å². The van der Waals surface area contributed by atoms with Crippen LogP contribution in [-0.4, -0.2) is 15.6 Å². The average Bonchev–Trinajstić information content (AvgIpc) is 2.09. The van der Waals surface area contributed by atoms with Crippen LogP contribution in [-0.2, 0) is 4.57 Å². The molecule has 1 aromatic carbocycles. The summed E-state index contributed by atoms with van der Waals surface area (Å²) in [4.78, 5) is 18.0. The fourth-order valence-corrected chi connectivity index (χ4v) is 1.63. The molecule has 1 unspecified atom stereocenters. The normalized spacial score (nSPS) is 13.7. The molecule has 0 bridgehead atoms. The highest BCUT2D eigenvalue weighted by molar-refractivity contribution is 7.52. The quantitative estimate of drug-likeness (QED) is 0.695. The first-order valence-electron chi connectivity index (χ1n) is 4.70. The van der Waals surface area contributed by atoms with Gasteiger partial charge in [-0.15, -0.1) is 0 Å². The van der Waals surface area contributed by atoms with Gasteiger partial charge in [0.2, 0.25) is 0 Å². The van der Waals surface area contributed by atoms with Crippen LogP contribution in [0.25, 0.3) is 0 Å². The minimum atomic E-state index is -4.07.